The van der Waals surface area contributed by atoms with Gasteiger partial charge in [0.15, 0.2) is 0 Å². The van der Waals surface area contributed by atoms with E-state index in [2.05, 4.69) is 0 Å². The molecule has 266 valence electrons. The zero-order valence-electron chi connectivity index (χ0n) is 25.0. The van der Waals surface area contributed by atoms with E-state index >= 15 is 0 Å². The molecule has 0 fully saturated rings. The average molecular weight is 731 g/mol. The van der Waals surface area contributed by atoms with Gasteiger partial charge in [-0.1, -0.05) is 19.1 Å². The number of hydrogen-bond acceptors (Lipinski definition) is 14. The topological polar surface area (TPSA) is 281 Å². The molecular weight excluding hydrogens is 692 g/mol. The van der Waals surface area contributed by atoms with Crippen LogP contribution in [0.25, 0.3) is 12.2 Å². The summed E-state index contributed by atoms with van der Waals surface area (Å²) in [6.07, 6.45) is -2.05. The van der Waals surface area contributed by atoms with Crippen LogP contribution in [0.1, 0.15) is 24.5 Å². The number of rotatable bonds is 21. The lowest BCUT2D eigenvalue weighted by Gasteiger charge is -2.15. The van der Waals surface area contributed by atoms with Crippen LogP contribution in [0.3, 0.4) is 0 Å². The summed E-state index contributed by atoms with van der Waals surface area (Å²) in [6.45, 7) is 0.0484. The molecule has 7 N–H and O–H groups in total. The van der Waals surface area contributed by atoms with Crippen molar-refractivity contribution in [2.24, 2.45) is 0 Å². The Morgan fingerprint density at radius 1 is 0.511 bits per heavy atom. The minimum absolute atomic E-state index is 0.0308. The van der Waals surface area contributed by atoms with Crippen molar-refractivity contribution in [1.29, 1.82) is 0 Å². The first kappa shape index (κ1) is 40.1. The lowest BCUT2D eigenvalue weighted by atomic mass is 10.1. The van der Waals surface area contributed by atoms with Gasteiger partial charge in [-0.3, -0.25) is 13.7 Å². The zero-order valence-corrected chi connectivity index (χ0v) is 27.5. The molecule has 0 aromatic heterocycles. The smallest absolute Gasteiger partial charge is 0.267 e. The highest BCUT2D eigenvalue weighted by molar-refractivity contribution is 7.86. The molecular formula is C27H38O17S3. The van der Waals surface area contributed by atoms with Crippen LogP contribution < -0.4 is 18.9 Å². The van der Waals surface area contributed by atoms with Crippen LogP contribution in [-0.2, 0) is 30.4 Å². The van der Waals surface area contributed by atoms with Gasteiger partial charge in [0, 0.05) is 12.1 Å². The molecule has 4 unspecified atom stereocenters. The second-order valence-corrected chi connectivity index (χ2v) is 14.8. The summed E-state index contributed by atoms with van der Waals surface area (Å²) in [6, 6.07) is 8.66. The fourth-order valence-corrected chi connectivity index (χ4v) is 5.41. The van der Waals surface area contributed by atoms with Gasteiger partial charge < -0.3 is 39.4 Å². The fourth-order valence-electron chi connectivity index (χ4n) is 3.67. The van der Waals surface area contributed by atoms with Gasteiger partial charge in [-0.25, -0.2) is 0 Å². The molecule has 0 bridgehead atoms. The van der Waals surface area contributed by atoms with Crippen molar-refractivity contribution in [2.75, 3.05) is 43.7 Å². The standard InChI is InChI=1S/C27H38O17S3/c1-2-20(28)11-41-24-5-18(6-25(9-24)42-12-21(29)15-45(32,33)34)3-4-19-7-26(43-13-22(30)16-46(35,36)37)10-27(8-19)44-14-23(31)17-47(38,39)40/h3-10,20-23,28-31H,2,11-17H2,1H3,(H,32,33,34)(H,35,36,37)(H,38,39,40)/b4-3+. The quantitative estimate of drug-likeness (QED) is 0.0651. The number of benzene rings is 2. The molecule has 0 aliphatic heterocycles. The summed E-state index contributed by atoms with van der Waals surface area (Å²) in [5, 5.41) is 39.5. The maximum absolute atomic E-state index is 11.0. The first-order valence-corrected chi connectivity index (χ1v) is 18.6. The predicted octanol–water partition coefficient (Wildman–Crippen LogP) is -0.111. The van der Waals surface area contributed by atoms with Crippen molar-refractivity contribution < 1.29 is 78.3 Å². The van der Waals surface area contributed by atoms with Crippen LogP contribution in [0, 0.1) is 0 Å². The lowest BCUT2D eigenvalue weighted by Crippen LogP contribution is -2.27. The largest absolute Gasteiger partial charge is 0.491 e. The second-order valence-electron chi connectivity index (χ2n) is 10.3. The van der Waals surface area contributed by atoms with Crippen LogP contribution in [-0.4, -0.2) is 127 Å². The number of aliphatic hydroxyl groups is 4. The Hall–Kier alpha value is -3.05. The first-order chi connectivity index (χ1) is 21.7. The zero-order chi connectivity index (χ0) is 35.4. The van der Waals surface area contributed by atoms with E-state index in [9.17, 15) is 45.7 Å². The van der Waals surface area contributed by atoms with E-state index < -0.39 is 91.8 Å². The molecule has 0 radical (unpaired) electrons. The van der Waals surface area contributed by atoms with Crippen molar-refractivity contribution >= 4 is 42.5 Å². The molecule has 4 atom stereocenters. The van der Waals surface area contributed by atoms with E-state index in [1.165, 1.54) is 36.4 Å². The summed E-state index contributed by atoms with van der Waals surface area (Å²) in [5.41, 5.74) is 0.804. The monoisotopic (exact) mass is 730 g/mol. The fraction of sp³-hybridized carbons (Fsp3) is 0.481. The van der Waals surface area contributed by atoms with Crippen molar-refractivity contribution in [1.82, 2.24) is 0 Å². The molecule has 47 heavy (non-hydrogen) atoms. The van der Waals surface area contributed by atoms with Crippen molar-refractivity contribution in [3.8, 4) is 23.0 Å². The minimum Gasteiger partial charge on any atom is -0.491 e. The molecule has 0 heterocycles. The highest BCUT2D eigenvalue weighted by atomic mass is 32.2. The summed E-state index contributed by atoms with van der Waals surface area (Å²) >= 11 is 0. The van der Waals surface area contributed by atoms with Crippen molar-refractivity contribution in [3.63, 3.8) is 0 Å². The number of ether oxygens (including phenoxy) is 4. The van der Waals surface area contributed by atoms with E-state index in [1.54, 1.807) is 19.1 Å². The van der Waals surface area contributed by atoms with Gasteiger partial charge in [0.05, 0.1) is 6.10 Å². The summed E-state index contributed by atoms with van der Waals surface area (Å²) in [5.74, 6) is -2.52. The van der Waals surface area contributed by atoms with Crippen LogP contribution in [0.5, 0.6) is 23.0 Å². The minimum atomic E-state index is -4.50. The molecule has 0 saturated heterocycles. The van der Waals surface area contributed by atoms with Crippen LogP contribution in [0.2, 0.25) is 0 Å². The van der Waals surface area contributed by atoms with Gasteiger partial charge in [-0.15, -0.1) is 0 Å². The van der Waals surface area contributed by atoms with Crippen molar-refractivity contribution in [2.45, 2.75) is 37.8 Å². The molecule has 0 aliphatic rings. The first-order valence-electron chi connectivity index (χ1n) is 13.8. The van der Waals surface area contributed by atoms with Gasteiger partial charge in [0.25, 0.3) is 30.4 Å². The van der Waals surface area contributed by atoms with Gasteiger partial charge in [0.2, 0.25) is 0 Å². The average Bonchev–Trinajstić information content (AvgIpc) is 2.93. The van der Waals surface area contributed by atoms with E-state index in [1.807, 2.05) is 0 Å². The van der Waals surface area contributed by atoms with Crippen molar-refractivity contribution in [3.05, 3.63) is 47.5 Å². The lowest BCUT2D eigenvalue weighted by molar-refractivity contribution is 0.103. The summed E-state index contributed by atoms with van der Waals surface area (Å²) < 4.78 is 115. The maximum atomic E-state index is 11.0. The van der Waals surface area contributed by atoms with E-state index in [4.69, 9.17) is 32.6 Å². The van der Waals surface area contributed by atoms with E-state index in [0.29, 0.717) is 17.5 Å². The Bertz CT molecular complexity index is 1590. The normalized spacial score (nSPS) is 15.1. The van der Waals surface area contributed by atoms with E-state index in [-0.39, 0.29) is 29.6 Å². The van der Waals surface area contributed by atoms with Crippen LogP contribution in [0.15, 0.2) is 36.4 Å². The molecule has 2 rings (SSSR count). The molecule has 0 spiro atoms. The Morgan fingerprint density at radius 2 is 0.766 bits per heavy atom. The third-order valence-corrected chi connectivity index (χ3v) is 8.14. The molecule has 2 aromatic carbocycles. The van der Waals surface area contributed by atoms with Gasteiger partial charge in [-0.2, -0.15) is 25.3 Å². The summed E-state index contributed by atoms with van der Waals surface area (Å²) in [7, 11) is -13.5. The van der Waals surface area contributed by atoms with Crippen LogP contribution >= 0.6 is 0 Å². The Balaban J connectivity index is 2.37. The summed E-state index contributed by atoms with van der Waals surface area (Å²) in [4.78, 5) is 0. The highest BCUT2D eigenvalue weighted by Gasteiger charge is 2.18. The SMILES string of the molecule is CCC(O)COc1cc(/C=C/c2cc(OCC(O)CS(=O)(=O)O)cc(OCC(O)CS(=O)(=O)O)c2)cc(OCC(O)CS(=O)(=O)O)c1. The van der Waals surface area contributed by atoms with Crippen LogP contribution in [0.4, 0.5) is 0 Å². The maximum Gasteiger partial charge on any atom is 0.267 e. The molecule has 20 heteroatoms. The Morgan fingerprint density at radius 3 is 1.00 bits per heavy atom. The third kappa shape index (κ3) is 18.2. The van der Waals surface area contributed by atoms with Gasteiger partial charge in [0.1, 0.15) is 85.0 Å². The molecule has 0 saturated carbocycles. The third-order valence-electron chi connectivity index (χ3n) is 5.72. The Labute approximate surface area is 272 Å². The molecule has 2 aromatic rings. The van der Waals surface area contributed by atoms with Gasteiger partial charge in [-0.05, 0) is 41.8 Å². The number of hydrogen-bond donors (Lipinski definition) is 7. The van der Waals surface area contributed by atoms with Gasteiger partial charge >= 0.3 is 0 Å². The molecule has 0 aliphatic carbocycles. The second kappa shape index (κ2) is 17.9. The predicted molar refractivity (Wildman–Crippen MR) is 167 cm³/mol. The Kier molecular flexibility index (Phi) is 15.3. The number of aliphatic hydroxyl groups excluding tert-OH is 4. The molecule has 0 amide bonds. The highest BCUT2D eigenvalue weighted by Crippen LogP contribution is 2.28. The van der Waals surface area contributed by atoms with E-state index in [0.717, 1.165) is 0 Å². The molecule has 17 nitrogen and oxygen atoms in total.